The summed E-state index contributed by atoms with van der Waals surface area (Å²) < 4.78 is 0. The molecule has 0 saturated heterocycles. The van der Waals surface area contributed by atoms with Crippen LogP contribution in [0.3, 0.4) is 0 Å². The molecule has 0 aromatic heterocycles. The molecule has 0 unspecified atom stereocenters. The van der Waals surface area contributed by atoms with E-state index < -0.39 is 0 Å². The molecule has 1 aromatic rings. The highest BCUT2D eigenvalue weighted by molar-refractivity contribution is 5.31. The number of aryl methyl sites for hydroxylation is 2. The van der Waals surface area contributed by atoms with Gasteiger partial charge in [0.1, 0.15) is 0 Å². The lowest BCUT2D eigenvalue weighted by Crippen LogP contribution is -2.40. The van der Waals surface area contributed by atoms with Crippen LogP contribution in [0.1, 0.15) is 50.3 Å². The minimum absolute atomic E-state index is 0.235. The van der Waals surface area contributed by atoms with E-state index in [1.807, 2.05) is 0 Å². The number of nitrogens with one attached hydrogen (secondary N) is 1. The standard InChI is InChI=1S/C17H27N/c1-13-6-7-15(10-14(13)2)11-17(8-9-17)12-18-16(3,4)5/h6-7,10,18H,8-9,11-12H2,1-5H3. The third-order valence-corrected chi connectivity index (χ3v) is 4.10. The van der Waals surface area contributed by atoms with Crippen LogP contribution in [0.2, 0.25) is 0 Å². The van der Waals surface area contributed by atoms with Crippen molar-refractivity contribution in [1.82, 2.24) is 5.32 Å². The molecule has 0 bridgehead atoms. The summed E-state index contributed by atoms with van der Waals surface area (Å²) in [6.45, 7) is 12.3. The van der Waals surface area contributed by atoms with Gasteiger partial charge in [0.15, 0.2) is 0 Å². The molecule has 1 N–H and O–H groups in total. The Labute approximate surface area is 112 Å². The van der Waals surface area contributed by atoms with Gasteiger partial charge in [-0.05, 0) is 76.0 Å². The lowest BCUT2D eigenvalue weighted by molar-refractivity contribution is 0.356. The molecule has 0 aliphatic heterocycles. The van der Waals surface area contributed by atoms with Crippen LogP contribution in [0.4, 0.5) is 0 Å². The SMILES string of the molecule is Cc1ccc(CC2(CNC(C)(C)C)CC2)cc1C. The summed E-state index contributed by atoms with van der Waals surface area (Å²) >= 11 is 0. The second-order valence-corrected chi connectivity index (χ2v) is 7.20. The molecular weight excluding hydrogens is 218 g/mol. The topological polar surface area (TPSA) is 12.0 Å². The number of hydrogen-bond donors (Lipinski definition) is 1. The lowest BCUT2D eigenvalue weighted by atomic mass is 9.93. The second kappa shape index (κ2) is 4.70. The van der Waals surface area contributed by atoms with Crippen molar-refractivity contribution in [1.29, 1.82) is 0 Å². The summed E-state index contributed by atoms with van der Waals surface area (Å²) in [5.74, 6) is 0. The van der Waals surface area contributed by atoms with Gasteiger partial charge in [-0.15, -0.1) is 0 Å². The minimum Gasteiger partial charge on any atom is -0.312 e. The van der Waals surface area contributed by atoms with E-state index >= 15 is 0 Å². The molecule has 18 heavy (non-hydrogen) atoms. The monoisotopic (exact) mass is 245 g/mol. The van der Waals surface area contributed by atoms with E-state index in [0.717, 1.165) is 6.54 Å². The first kappa shape index (κ1) is 13.6. The molecule has 0 spiro atoms. The van der Waals surface area contributed by atoms with Crippen molar-refractivity contribution in [2.75, 3.05) is 6.54 Å². The van der Waals surface area contributed by atoms with E-state index in [9.17, 15) is 0 Å². The maximum Gasteiger partial charge on any atom is 0.00967 e. The van der Waals surface area contributed by atoms with E-state index in [4.69, 9.17) is 0 Å². The molecule has 1 aromatic carbocycles. The molecule has 0 amide bonds. The fourth-order valence-electron chi connectivity index (χ4n) is 2.39. The molecule has 1 nitrogen and oxygen atoms in total. The Hall–Kier alpha value is -0.820. The van der Waals surface area contributed by atoms with E-state index in [1.54, 1.807) is 0 Å². The third-order valence-electron chi connectivity index (χ3n) is 4.10. The average molecular weight is 245 g/mol. The smallest absolute Gasteiger partial charge is 0.00967 e. The van der Waals surface area contributed by atoms with E-state index in [2.05, 4.69) is 58.1 Å². The van der Waals surface area contributed by atoms with Gasteiger partial charge in [-0.2, -0.15) is 0 Å². The molecule has 1 aliphatic rings. The van der Waals surface area contributed by atoms with Gasteiger partial charge < -0.3 is 5.32 Å². The number of rotatable bonds is 4. The van der Waals surface area contributed by atoms with Crippen molar-refractivity contribution in [3.05, 3.63) is 34.9 Å². The van der Waals surface area contributed by atoms with E-state index in [1.165, 1.54) is 36.0 Å². The third kappa shape index (κ3) is 3.58. The summed E-state index contributed by atoms with van der Waals surface area (Å²) in [5.41, 5.74) is 5.10. The lowest BCUT2D eigenvalue weighted by Gasteiger charge is -2.25. The summed E-state index contributed by atoms with van der Waals surface area (Å²) in [4.78, 5) is 0. The molecule has 1 aliphatic carbocycles. The zero-order valence-corrected chi connectivity index (χ0v) is 12.6. The Morgan fingerprint density at radius 1 is 1.11 bits per heavy atom. The van der Waals surface area contributed by atoms with Gasteiger partial charge in [0, 0.05) is 12.1 Å². The van der Waals surface area contributed by atoms with Crippen LogP contribution in [0.25, 0.3) is 0 Å². The van der Waals surface area contributed by atoms with Crippen molar-refractivity contribution < 1.29 is 0 Å². The van der Waals surface area contributed by atoms with Gasteiger partial charge in [0.2, 0.25) is 0 Å². The molecule has 0 heterocycles. The number of benzene rings is 1. The van der Waals surface area contributed by atoms with Gasteiger partial charge in [-0.25, -0.2) is 0 Å². The molecule has 0 radical (unpaired) electrons. The predicted molar refractivity (Wildman–Crippen MR) is 79.0 cm³/mol. The zero-order valence-electron chi connectivity index (χ0n) is 12.6. The average Bonchev–Trinajstić information content (AvgIpc) is 3.01. The first-order chi connectivity index (χ1) is 8.30. The normalized spacial score (nSPS) is 17.8. The van der Waals surface area contributed by atoms with Gasteiger partial charge in [0.05, 0.1) is 0 Å². The maximum absolute atomic E-state index is 3.67. The van der Waals surface area contributed by atoms with Crippen LogP contribution >= 0.6 is 0 Å². The van der Waals surface area contributed by atoms with Crippen LogP contribution < -0.4 is 5.32 Å². The quantitative estimate of drug-likeness (QED) is 0.845. The molecular formula is C17H27N. The van der Waals surface area contributed by atoms with Gasteiger partial charge >= 0.3 is 0 Å². The first-order valence-electron chi connectivity index (χ1n) is 7.11. The van der Waals surface area contributed by atoms with Crippen LogP contribution in [0, 0.1) is 19.3 Å². The second-order valence-electron chi connectivity index (χ2n) is 7.20. The molecule has 1 fully saturated rings. The predicted octanol–water partition coefficient (Wildman–Crippen LogP) is 4.01. The molecule has 100 valence electrons. The highest BCUT2D eigenvalue weighted by atomic mass is 15.0. The minimum atomic E-state index is 0.235. The maximum atomic E-state index is 3.67. The van der Waals surface area contributed by atoms with Crippen molar-refractivity contribution >= 4 is 0 Å². The summed E-state index contributed by atoms with van der Waals surface area (Å²) in [5, 5.41) is 3.67. The van der Waals surface area contributed by atoms with Gasteiger partial charge in [0.25, 0.3) is 0 Å². The Morgan fingerprint density at radius 2 is 1.78 bits per heavy atom. The Morgan fingerprint density at radius 3 is 2.28 bits per heavy atom. The summed E-state index contributed by atoms with van der Waals surface area (Å²) in [6, 6.07) is 6.93. The fraction of sp³-hybridized carbons (Fsp3) is 0.647. The van der Waals surface area contributed by atoms with Crippen LogP contribution in [-0.4, -0.2) is 12.1 Å². The molecule has 1 heteroatoms. The Kier molecular flexibility index (Phi) is 3.55. The highest BCUT2D eigenvalue weighted by Crippen LogP contribution is 2.48. The number of hydrogen-bond acceptors (Lipinski definition) is 1. The highest BCUT2D eigenvalue weighted by Gasteiger charge is 2.42. The summed E-state index contributed by atoms with van der Waals surface area (Å²) in [6.07, 6.45) is 3.99. The van der Waals surface area contributed by atoms with E-state index in [0.29, 0.717) is 5.41 Å². The molecule has 2 rings (SSSR count). The molecule has 1 saturated carbocycles. The largest absolute Gasteiger partial charge is 0.312 e. The van der Waals surface area contributed by atoms with Crippen molar-refractivity contribution in [3.63, 3.8) is 0 Å². The molecule has 0 atom stereocenters. The Bertz CT molecular complexity index is 422. The zero-order chi connectivity index (χ0) is 13.4. The van der Waals surface area contributed by atoms with Crippen molar-refractivity contribution in [2.24, 2.45) is 5.41 Å². The van der Waals surface area contributed by atoms with E-state index in [-0.39, 0.29) is 5.54 Å². The fourth-order valence-corrected chi connectivity index (χ4v) is 2.39. The van der Waals surface area contributed by atoms with Crippen LogP contribution in [0.15, 0.2) is 18.2 Å². The first-order valence-corrected chi connectivity index (χ1v) is 7.11. The van der Waals surface area contributed by atoms with Crippen molar-refractivity contribution in [2.45, 2.75) is 59.4 Å². The van der Waals surface area contributed by atoms with Gasteiger partial charge in [-0.1, -0.05) is 18.2 Å². The summed E-state index contributed by atoms with van der Waals surface area (Å²) in [7, 11) is 0. The van der Waals surface area contributed by atoms with Crippen molar-refractivity contribution in [3.8, 4) is 0 Å². The van der Waals surface area contributed by atoms with Gasteiger partial charge in [-0.3, -0.25) is 0 Å². The Balaban J connectivity index is 1.98. The van der Waals surface area contributed by atoms with Crippen LogP contribution in [-0.2, 0) is 6.42 Å². The van der Waals surface area contributed by atoms with Crippen LogP contribution in [0.5, 0.6) is 0 Å².